The number of fused-ring (bicyclic) bond motifs is 1. The molecule has 3 saturated carbocycles. The van der Waals surface area contributed by atoms with Crippen molar-refractivity contribution in [1.82, 2.24) is 0 Å². The second-order valence-electron chi connectivity index (χ2n) is 7.41. The summed E-state index contributed by atoms with van der Waals surface area (Å²) < 4.78 is 0. The molecule has 0 radical (unpaired) electrons. The zero-order chi connectivity index (χ0) is 10.8. The molecule has 0 nitrogen and oxygen atoms in total. The highest BCUT2D eigenvalue weighted by Crippen LogP contribution is 2.72. The quantitative estimate of drug-likeness (QED) is 0.547. The van der Waals surface area contributed by atoms with Crippen molar-refractivity contribution in [1.29, 1.82) is 0 Å². The lowest BCUT2D eigenvalue weighted by Crippen LogP contribution is -2.30. The van der Waals surface area contributed by atoms with Gasteiger partial charge in [-0.1, -0.05) is 27.7 Å². The van der Waals surface area contributed by atoms with E-state index in [0.29, 0.717) is 5.41 Å². The molecule has 3 aliphatic rings. The van der Waals surface area contributed by atoms with Gasteiger partial charge in [0, 0.05) is 0 Å². The normalized spacial score (nSPS) is 56.8. The van der Waals surface area contributed by atoms with Crippen LogP contribution in [-0.4, -0.2) is 0 Å². The van der Waals surface area contributed by atoms with Crippen LogP contribution in [0, 0.1) is 34.5 Å². The summed E-state index contributed by atoms with van der Waals surface area (Å²) in [6, 6.07) is 0. The lowest BCUT2D eigenvalue weighted by atomic mass is 9.66. The van der Waals surface area contributed by atoms with E-state index in [0.717, 1.165) is 29.1 Å². The highest BCUT2D eigenvalue weighted by Gasteiger charge is 2.64. The standard InChI is InChI=1S/C15H26/c1-10-7-8-15-9-12(10)14(3,4)13(15)6-5-11(15)2/h10-13H,5-9H2,1-4H3/t10?,11-,12-,13-,15-/m0/s1. The Morgan fingerprint density at radius 1 is 1.00 bits per heavy atom. The Labute approximate surface area is 94.8 Å². The molecule has 2 bridgehead atoms. The summed E-state index contributed by atoms with van der Waals surface area (Å²) in [6.07, 6.45) is 7.65. The van der Waals surface area contributed by atoms with Crippen molar-refractivity contribution in [2.75, 3.05) is 0 Å². The molecule has 3 fully saturated rings. The van der Waals surface area contributed by atoms with Crippen LogP contribution in [0.3, 0.4) is 0 Å². The summed E-state index contributed by atoms with van der Waals surface area (Å²) in [5.41, 5.74) is 1.42. The number of hydrogen-bond acceptors (Lipinski definition) is 0. The molecule has 0 aliphatic heterocycles. The van der Waals surface area contributed by atoms with Crippen LogP contribution in [0.2, 0.25) is 0 Å². The fraction of sp³-hybridized carbons (Fsp3) is 1.00. The topological polar surface area (TPSA) is 0 Å². The van der Waals surface area contributed by atoms with E-state index < -0.39 is 0 Å². The van der Waals surface area contributed by atoms with Crippen molar-refractivity contribution in [3.63, 3.8) is 0 Å². The summed E-state index contributed by atoms with van der Waals surface area (Å²) in [6.45, 7) is 10.2. The molecule has 86 valence electrons. The monoisotopic (exact) mass is 206 g/mol. The van der Waals surface area contributed by atoms with Crippen molar-refractivity contribution >= 4 is 0 Å². The Bertz CT molecular complexity index is 278. The molecule has 5 atom stereocenters. The van der Waals surface area contributed by atoms with E-state index in [2.05, 4.69) is 27.7 Å². The highest BCUT2D eigenvalue weighted by atomic mass is 14.7. The smallest absolute Gasteiger partial charge is 0.0235 e. The van der Waals surface area contributed by atoms with Gasteiger partial charge in [-0.15, -0.1) is 0 Å². The maximum absolute atomic E-state index is 2.57. The molecule has 1 unspecified atom stereocenters. The lowest BCUT2D eigenvalue weighted by molar-refractivity contribution is 0.104. The minimum absolute atomic E-state index is 0.640. The number of rotatable bonds is 0. The second kappa shape index (κ2) is 2.81. The largest absolute Gasteiger partial charge is 0.0622 e. The molecule has 0 aromatic carbocycles. The van der Waals surface area contributed by atoms with Crippen LogP contribution >= 0.6 is 0 Å². The van der Waals surface area contributed by atoms with Gasteiger partial charge in [0.05, 0.1) is 0 Å². The highest BCUT2D eigenvalue weighted by molar-refractivity contribution is 5.13. The van der Waals surface area contributed by atoms with Gasteiger partial charge in [-0.2, -0.15) is 0 Å². The second-order valence-corrected chi connectivity index (χ2v) is 7.41. The molecule has 0 amide bonds. The number of hydrogen-bond donors (Lipinski definition) is 0. The summed E-state index contributed by atoms with van der Waals surface area (Å²) in [5.74, 6) is 4.08. The average Bonchev–Trinajstić information content (AvgIpc) is 2.57. The fourth-order valence-corrected chi connectivity index (χ4v) is 5.88. The molecule has 0 aromatic rings. The predicted molar refractivity (Wildman–Crippen MR) is 64.6 cm³/mol. The van der Waals surface area contributed by atoms with Crippen LogP contribution in [0.15, 0.2) is 0 Å². The van der Waals surface area contributed by atoms with Crippen LogP contribution < -0.4 is 0 Å². The Balaban J connectivity index is 2.04. The molecule has 0 heteroatoms. The van der Waals surface area contributed by atoms with E-state index >= 15 is 0 Å². The molecular weight excluding hydrogens is 180 g/mol. The van der Waals surface area contributed by atoms with Crippen LogP contribution in [0.25, 0.3) is 0 Å². The first kappa shape index (κ1) is 10.2. The molecule has 1 spiro atoms. The Morgan fingerprint density at radius 3 is 2.47 bits per heavy atom. The predicted octanol–water partition coefficient (Wildman–Crippen LogP) is 4.49. The van der Waals surface area contributed by atoms with E-state index in [1.54, 1.807) is 12.8 Å². The van der Waals surface area contributed by atoms with Crippen molar-refractivity contribution in [3.05, 3.63) is 0 Å². The van der Waals surface area contributed by atoms with Crippen molar-refractivity contribution in [2.45, 2.75) is 59.8 Å². The summed E-state index contributed by atoms with van der Waals surface area (Å²) in [4.78, 5) is 0. The van der Waals surface area contributed by atoms with Gasteiger partial charge in [-0.3, -0.25) is 0 Å². The van der Waals surface area contributed by atoms with Crippen LogP contribution in [0.5, 0.6) is 0 Å². The molecule has 15 heavy (non-hydrogen) atoms. The van der Waals surface area contributed by atoms with Crippen LogP contribution in [0.1, 0.15) is 59.8 Å². The van der Waals surface area contributed by atoms with E-state index in [9.17, 15) is 0 Å². The summed E-state index contributed by atoms with van der Waals surface area (Å²) in [7, 11) is 0. The zero-order valence-corrected chi connectivity index (χ0v) is 10.8. The van der Waals surface area contributed by atoms with Gasteiger partial charge < -0.3 is 0 Å². The lowest BCUT2D eigenvalue weighted by Gasteiger charge is -2.39. The van der Waals surface area contributed by atoms with E-state index in [1.165, 1.54) is 19.3 Å². The minimum atomic E-state index is 0.640. The van der Waals surface area contributed by atoms with Gasteiger partial charge in [0.25, 0.3) is 0 Å². The van der Waals surface area contributed by atoms with E-state index in [-0.39, 0.29) is 0 Å². The van der Waals surface area contributed by atoms with Gasteiger partial charge in [0.15, 0.2) is 0 Å². The van der Waals surface area contributed by atoms with E-state index in [1.807, 2.05) is 0 Å². The molecule has 0 heterocycles. The van der Waals surface area contributed by atoms with Gasteiger partial charge in [-0.25, -0.2) is 0 Å². The Hall–Kier alpha value is 0. The van der Waals surface area contributed by atoms with Gasteiger partial charge in [0.1, 0.15) is 0 Å². The third-order valence-electron chi connectivity index (χ3n) is 6.77. The van der Waals surface area contributed by atoms with E-state index in [4.69, 9.17) is 0 Å². The molecule has 0 N–H and O–H groups in total. The van der Waals surface area contributed by atoms with Crippen LogP contribution in [-0.2, 0) is 0 Å². The first-order chi connectivity index (χ1) is 6.98. The first-order valence-electron chi connectivity index (χ1n) is 6.98. The first-order valence-corrected chi connectivity index (χ1v) is 6.98. The van der Waals surface area contributed by atoms with Gasteiger partial charge >= 0.3 is 0 Å². The molecule has 3 aliphatic carbocycles. The molecule has 0 saturated heterocycles. The minimum Gasteiger partial charge on any atom is -0.0622 e. The third-order valence-corrected chi connectivity index (χ3v) is 6.77. The summed E-state index contributed by atoms with van der Waals surface area (Å²) in [5, 5.41) is 0. The van der Waals surface area contributed by atoms with Crippen LogP contribution in [0.4, 0.5) is 0 Å². The molecular formula is C15H26. The van der Waals surface area contributed by atoms with Gasteiger partial charge in [-0.05, 0) is 66.6 Å². The van der Waals surface area contributed by atoms with Gasteiger partial charge in [0.2, 0.25) is 0 Å². The maximum Gasteiger partial charge on any atom is -0.0235 e. The maximum atomic E-state index is 2.57. The Kier molecular flexibility index (Phi) is 1.91. The zero-order valence-electron chi connectivity index (χ0n) is 10.8. The summed E-state index contributed by atoms with van der Waals surface area (Å²) >= 11 is 0. The van der Waals surface area contributed by atoms with Crippen molar-refractivity contribution in [3.8, 4) is 0 Å². The third kappa shape index (κ3) is 1.04. The molecule has 0 aromatic heterocycles. The SMILES string of the molecule is CC1CC[C@@]23C[C@@H]1C(C)(C)[C@@H]2CC[C@@H]3C. The van der Waals surface area contributed by atoms with Crippen molar-refractivity contribution in [2.24, 2.45) is 34.5 Å². The molecule has 3 rings (SSSR count). The fourth-order valence-electron chi connectivity index (χ4n) is 5.88. The Morgan fingerprint density at radius 2 is 1.73 bits per heavy atom. The average molecular weight is 206 g/mol. The van der Waals surface area contributed by atoms with Crippen molar-refractivity contribution < 1.29 is 0 Å².